The number of carbonyl (C=O) groups is 4. The standard InChI is InChI=1S/C29H35N3O9S3/c1-4-39-14-13-32-20-12-11-18(27(35)40-5-2)15-22(20)43-29(32)31-24(34)17-44(37,38)16-23(33)30-26-25(28(36)41-6-3)19-9-7-8-10-21(19)42-26/h11-12,15H,4-10,13-14,16-17H2,1-3H3,(H,30,33). The number of hydrogen-bond acceptors (Lipinski definition) is 11. The van der Waals surface area contributed by atoms with Crippen molar-refractivity contribution in [1.29, 1.82) is 0 Å². The van der Waals surface area contributed by atoms with Crippen LogP contribution in [0, 0.1) is 0 Å². The van der Waals surface area contributed by atoms with Crippen molar-refractivity contribution in [3.63, 3.8) is 0 Å². The van der Waals surface area contributed by atoms with E-state index in [0.29, 0.717) is 42.0 Å². The predicted molar refractivity (Wildman–Crippen MR) is 167 cm³/mol. The number of fused-ring (bicyclic) bond motifs is 2. The van der Waals surface area contributed by atoms with Crippen molar-refractivity contribution in [2.45, 2.75) is 53.0 Å². The maximum absolute atomic E-state index is 12.9. The van der Waals surface area contributed by atoms with Gasteiger partial charge in [-0.2, -0.15) is 4.99 Å². The minimum atomic E-state index is -4.21. The maximum Gasteiger partial charge on any atom is 0.341 e. The Kier molecular flexibility index (Phi) is 11.5. The topological polar surface area (TPSA) is 159 Å². The lowest BCUT2D eigenvalue weighted by molar-refractivity contribution is -0.115. The summed E-state index contributed by atoms with van der Waals surface area (Å²) in [6.07, 6.45) is 3.31. The van der Waals surface area contributed by atoms with Gasteiger partial charge in [0.1, 0.15) is 16.5 Å². The molecule has 0 spiro atoms. The number of ether oxygens (including phenoxy) is 3. The Morgan fingerprint density at radius 1 is 0.955 bits per heavy atom. The molecule has 12 nitrogen and oxygen atoms in total. The summed E-state index contributed by atoms with van der Waals surface area (Å²) in [5.41, 5.74) is 2.13. The molecule has 0 aliphatic heterocycles. The number of hydrogen-bond donors (Lipinski definition) is 1. The number of aryl methyl sites for hydroxylation is 1. The number of anilines is 1. The van der Waals surface area contributed by atoms with Crippen molar-refractivity contribution in [2.24, 2.45) is 4.99 Å². The van der Waals surface area contributed by atoms with Crippen molar-refractivity contribution >= 4 is 71.5 Å². The highest BCUT2D eigenvalue weighted by Gasteiger charge is 2.29. The summed E-state index contributed by atoms with van der Waals surface area (Å²) in [5, 5.41) is 2.83. The van der Waals surface area contributed by atoms with E-state index in [2.05, 4.69) is 10.3 Å². The molecule has 1 aliphatic rings. The quantitative estimate of drug-likeness (QED) is 0.213. The van der Waals surface area contributed by atoms with Crippen molar-refractivity contribution in [3.8, 4) is 0 Å². The molecule has 1 aliphatic carbocycles. The Balaban J connectivity index is 1.53. The number of esters is 2. The molecule has 2 heterocycles. The van der Waals surface area contributed by atoms with Gasteiger partial charge in [-0.25, -0.2) is 18.0 Å². The van der Waals surface area contributed by atoms with Gasteiger partial charge in [-0.1, -0.05) is 11.3 Å². The maximum atomic E-state index is 12.9. The summed E-state index contributed by atoms with van der Waals surface area (Å²) in [7, 11) is -4.21. The lowest BCUT2D eigenvalue weighted by Crippen LogP contribution is -2.28. The summed E-state index contributed by atoms with van der Waals surface area (Å²) >= 11 is 2.37. The molecule has 2 amide bonds. The van der Waals surface area contributed by atoms with Crippen LogP contribution in [0.4, 0.5) is 5.00 Å². The highest BCUT2D eigenvalue weighted by Crippen LogP contribution is 2.38. The zero-order chi connectivity index (χ0) is 31.9. The van der Waals surface area contributed by atoms with Crippen LogP contribution in [0.5, 0.6) is 0 Å². The fraction of sp³-hybridized carbons (Fsp3) is 0.483. The zero-order valence-corrected chi connectivity index (χ0v) is 27.3. The van der Waals surface area contributed by atoms with Gasteiger partial charge >= 0.3 is 11.9 Å². The van der Waals surface area contributed by atoms with Gasteiger partial charge in [0.05, 0.1) is 41.2 Å². The lowest BCUT2D eigenvalue weighted by Gasteiger charge is -2.12. The largest absolute Gasteiger partial charge is 0.462 e. The normalized spacial score (nSPS) is 13.5. The number of sulfone groups is 1. The summed E-state index contributed by atoms with van der Waals surface area (Å²) in [6, 6.07) is 4.95. The van der Waals surface area contributed by atoms with Gasteiger partial charge in [0.25, 0.3) is 5.91 Å². The molecule has 1 aromatic carbocycles. The second-order valence-corrected chi connectivity index (χ2v) is 14.0. The van der Waals surface area contributed by atoms with Crippen LogP contribution in [-0.4, -0.2) is 74.7 Å². The van der Waals surface area contributed by atoms with E-state index < -0.39 is 45.1 Å². The molecule has 0 bridgehead atoms. The molecular weight excluding hydrogens is 631 g/mol. The Morgan fingerprint density at radius 2 is 1.68 bits per heavy atom. The molecule has 0 saturated heterocycles. The second-order valence-electron chi connectivity index (χ2n) is 9.86. The molecule has 0 radical (unpaired) electrons. The van der Waals surface area contributed by atoms with Crippen LogP contribution in [0.25, 0.3) is 10.2 Å². The van der Waals surface area contributed by atoms with E-state index in [0.717, 1.165) is 41.0 Å². The number of nitrogens with one attached hydrogen (secondary N) is 1. The Hall–Kier alpha value is -3.40. The van der Waals surface area contributed by atoms with E-state index in [1.54, 1.807) is 36.6 Å². The third kappa shape index (κ3) is 8.20. The summed E-state index contributed by atoms with van der Waals surface area (Å²) in [4.78, 5) is 55.9. The van der Waals surface area contributed by atoms with Gasteiger partial charge in [0.2, 0.25) is 5.91 Å². The smallest absolute Gasteiger partial charge is 0.341 e. The van der Waals surface area contributed by atoms with Crippen LogP contribution in [0.1, 0.15) is 64.8 Å². The van der Waals surface area contributed by atoms with Gasteiger partial charge in [-0.3, -0.25) is 9.59 Å². The first-order valence-electron chi connectivity index (χ1n) is 14.3. The second kappa shape index (κ2) is 15.1. The molecule has 44 heavy (non-hydrogen) atoms. The van der Waals surface area contributed by atoms with E-state index in [1.807, 2.05) is 6.92 Å². The number of nitrogens with zero attached hydrogens (tertiary/aromatic N) is 2. The third-order valence-corrected chi connectivity index (χ3v) is 10.3. The summed E-state index contributed by atoms with van der Waals surface area (Å²) in [5.74, 6) is -4.80. The van der Waals surface area contributed by atoms with E-state index in [4.69, 9.17) is 14.2 Å². The number of amides is 2. The van der Waals surface area contributed by atoms with Crippen LogP contribution in [0.3, 0.4) is 0 Å². The fourth-order valence-electron chi connectivity index (χ4n) is 4.83. The number of aromatic nitrogens is 1. The first-order chi connectivity index (χ1) is 21.1. The minimum absolute atomic E-state index is 0.162. The van der Waals surface area contributed by atoms with Crippen molar-refractivity contribution < 1.29 is 41.8 Å². The molecule has 0 fully saturated rings. The minimum Gasteiger partial charge on any atom is -0.462 e. The summed E-state index contributed by atoms with van der Waals surface area (Å²) < 4.78 is 43.9. The molecule has 0 unspecified atom stereocenters. The van der Waals surface area contributed by atoms with Crippen LogP contribution < -0.4 is 10.1 Å². The zero-order valence-electron chi connectivity index (χ0n) is 24.8. The van der Waals surface area contributed by atoms with Gasteiger partial charge in [0.15, 0.2) is 14.6 Å². The Morgan fingerprint density at radius 3 is 2.41 bits per heavy atom. The first-order valence-corrected chi connectivity index (χ1v) is 17.8. The molecule has 1 N–H and O–H groups in total. The van der Waals surface area contributed by atoms with Gasteiger partial charge in [0, 0.05) is 18.0 Å². The monoisotopic (exact) mass is 665 g/mol. The average molecular weight is 666 g/mol. The third-order valence-electron chi connectivity index (χ3n) is 6.68. The van der Waals surface area contributed by atoms with Gasteiger partial charge in [-0.05, 0) is 70.2 Å². The first kappa shape index (κ1) is 33.5. The Labute approximate surface area is 263 Å². The number of carbonyl (C=O) groups excluding carboxylic acids is 4. The number of rotatable bonds is 13. The number of benzene rings is 1. The molecule has 238 valence electrons. The molecule has 3 aromatic rings. The van der Waals surface area contributed by atoms with Gasteiger partial charge in [-0.15, -0.1) is 11.3 Å². The highest BCUT2D eigenvalue weighted by molar-refractivity contribution is 7.92. The van der Waals surface area contributed by atoms with Crippen molar-refractivity contribution in [1.82, 2.24) is 4.57 Å². The molecule has 2 aromatic heterocycles. The van der Waals surface area contributed by atoms with Crippen molar-refractivity contribution in [2.75, 3.05) is 43.3 Å². The average Bonchev–Trinajstić information content (AvgIpc) is 3.49. The van der Waals surface area contributed by atoms with Crippen LogP contribution in [0.2, 0.25) is 0 Å². The molecule has 4 rings (SSSR count). The van der Waals surface area contributed by atoms with E-state index in [-0.39, 0.29) is 28.6 Å². The highest BCUT2D eigenvalue weighted by atomic mass is 32.2. The van der Waals surface area contributed by atoms with E-state index in [9.17, 15) is 27.6 Å². The van der Waals surface area contributed by atoms with Crippen molar-refractivity contribution in [3.05, 3.63) is 44.6 Å². The summed E-state index contributed by atoms with van der Waals surface area (Å²) in [6.45, 7) is 6.76. The molecular formula is C29H35N3O9S3. The van der Waals surface area contributed by atoms with E-state index >= 15 is 0 Å². The Bertz CT molecular complexity index is 1740. The predicted octanol–water partition coefficient (Wildman–Crippen LogP) is 3.51. The molecule has 0 atom stereocenters. The SMILES string of the molecule is CCOCCn1c(=NC(=O)CS(=O)(=O)CC(=O)Nc2sc3c(c2C(=O)OCC)CCCC3)sc2cc(C(=O)OCC)ccc21. The number of thiazole rings is 1. The molecule has 0 saturated carbocycles. The fourth-order valence-corrected chi connectivity index (χ4v) is 8.25. The van der Waals surface area contributed by atoms with Crippen LogP contribution in [0.15, 0.2) is 23.2 Å². The van der Waals surface area contributed by atoms with Crippen LogP contribution in [-0.2, 0) is 53.0 Å². The van der Waals surface area contributed by atoms with E-state index in [1.165, 1.54) is 11.3 Å². The number of thiophene rings is 1. The molecule has 15 heteroatoms. The van der Waals surface area contributed by atoms with Gasteiger partial charge < -0.3 is 24.1 Å². The van der Waals surface area contributed by atoms with Crippen LogP contribution >= 0.6 is 22.7 Å². The lowest BCUT2D eigenvalue weighted by atomic mass is 9.95.